The summed E-state index contributed by atoms with van der Waals surface area (Å²) in [5.74, 6) is -1.03. The molecular weight excluding hydrogens is 248 g/mol. The summed E-state index contributed by atoms with van der Waals surface area (Å²) in [6.45, 7) is 2.56. The summed E-state index contributed by atoms with van der Waals surface area (Å²) in [6.07, 6.45) is 1.42. The maximum Gasteiger partial charge on any atom is 0.410 e. The normalized spacial score (nSPS) is 23.1. The number of likely N-dealkylation sites (tertiary alicyclic amines) is 1. The van der Waals surface area contributed by atoms with E-state index >= 15 is 0 Å². The average Bonchev–Trinajstić information content (AvgIpc) is 2.61. The number of carboxylic acid groups (broad SMARTS) is 1. The van der Waals surface area contributed by atoms with Gasteiger partial charge in [-0.15, -0.1) is 12.4 Å². The zero-order valence-corrected chi connectivity index (χ0v) is 10.6. The molecule has 0 aromatic heterocycles. The lowest BCUT2D eigenvalue weighted by atomic mass is 10.2. The molecule has 1 fully saturated rings. The zero-order valence-electron chi connectivity index (χ0n) is 9.80. The monoisotopic (exact) mass is 266 g/mol. The van der Waals surface area contributed by atoms with Crippen molar-refractivity contribution < 1.29 is 19.4 Å². The summed E-state index contributed by atoms with van der Waals surface area (Å²) in [7, 11) is 0. The molecule has 0 radical (unpaired) electrons. The molecule has 3 N–H and O–H groups in total. The lowest BCUT2D eigenvalue weighted by Gasteiger charge is -2.20. The highest BCUT2D eigenvalue weighted by Crippen LogP contribution is 2.17. The number of carbonyl (C=O) groups excluding carboxylic acids is 1. The predicted molar refractivity (Wildman–Crippen MR) is 64.2 cm³/mol. The van der Waals surface area contributed by atoms with E-state index in [1.807, 2.05) is 6.92 Å². The molecule has 0 bridgehead atoms. The highest BCUT2D eigenvalue weighted by molar-refractivity contribution is 5.85. The number of hydrogen-bond donors (Lipinski definition) is 2. The second-order valence-corrected chi connectivity index (χ2v) is 3.97. The smallest absolute Gasteiger partial charge is 0.410 e. The molecule has 2 unspecified atom stereocenters. The number of unbranched alkanes of at least 4 members (excludes halogenated alkanes) is 1. The van der Waals surface area contributed by atoms with Crippen molar-refractivity contribution in [3.8, 4) is 0 Å². The summed E-state index contributed by atoms with van der Waals surface area (Å²) in [6, 6.07) is -1.12. The van der Waals surface area contributed by atoms with Crippen molar-refractivity contribution in [2.75, 3.05) is 13.2 Å². The third kappa shape index (κ3) is 4.40. The van der Waals surface area contributed by atoms with Crippen molar-refractivity contribution in [1.29, 1.82) is 0 Å². The van der Waals surface area contributed by atoms with Crippen molar-refractivity contribution in [2.45, 2.75) is 38.3 Å². The largest absolute Gasteiger partial charge is 0.480 e. The van der Waals surface area contributed by atoms with Gasteiger partial charge in [-0.05, 0) is 12.8 Å². The van der Waals surface area contributed by atoms with Gasteiger partial charge in [0.25, 0.3) is 0 Å². The first-order valence-electron chi connectivity index (χ1n) is 5.48. The van der Waals surface area contributed by atoms with E-state index in [9.17, 15) is 9.59 Å². The van der Waals surface area contributed by atoms with Crippen LogP contribution in [0.15, 0.2) is 0 Å². The van der Waals surface area contributed by atoms with Crippen molar-refractivity contribution >= 4 is 24.5 Å². The van der Waals surface area contributed by atoms with Crippen molar-refractivity contribution in [2.24, 2.45) is 5.73 Å². The van der Waals surface area contributed by atoms with Gasteiger partial charge in [-0.1, -0.05) is 13.3 Å². The van der Waals surface area contributed by atoms with E-state index in [4.69, 9.17) is 15.6 Å². The number of carboxylic acids is 1. The first-order chi connectivity index (χ1) is 7.56. The number of rotatable bonds is 4. The fraction of sp³-hybridized carbons (Fsp3) is 0.800. The zero-order chi connectivity index (χ0) is 12.1. The van der Waals surface area contributed by atoms with Gasteiger partial charge in [-0.25, -0.2) is 9.59 Å². The molecule has 0 aliphatic carbocycles. The number of nitrogens with zero attached hydrogens (tertiary/aromatic N) is 1. The van der Waals surface area contributed by atoms with Gasteiger partial charge >= 0.3 is 12.1 Å². The van der Waals surface area contributed by atoms with Crippen LogP contribution in [0.1, 0.15) is 26.2 Å². The Hall–Kier alpha value is -1.01. The van der Waals surface area contributed by atoms with Crippen LogP contribution in [-0.2, 0) is 9.53 Å². The number of amides is 1. The highest BCUT2D eigenvalue weighted by Gasteiger charge is 2.38. The van der Waals surface area contributed by atoms with Gasteiger partial charge in [0, 0.05) is 12.6 Å². The standard InChI is InChI=1S/C10H18N2O4.ClH/c1-2-3-4-16-10(15)12-6-7(11)5-8(12)9(13)14;/h7-8H,2-6,11H2,1H3,(H,13,14);1H. The van der Waals surface area contributed by atoms with Gasteiger partial charge in [0.2, 0.25) is 0 Å². The van der Waals surface area contributed by atoms with Crippen LogP contribution in [0.3, 0.4) is 0 Å². The van der Waals surface area contributed by atoms with E-state index in [0.29, 0.717) is 6.61 Å². The van der Waals surface area contributed by atoms with Crippen LogP contribution in [0.25, 0.3) is 0 Å². The SMILES string of the molecule is CCCCOC(=O)N1CC(N)CC1C(=O)O.Cl. The minimum Gasteiger partial charge on any atom is -0.480 e. The molecule has 100 valence electrons. The Morgan fingerprint density at radius 2 is 2.18 bits per heavy atom. The minimum atomic E-state index is -1.03. The average molecular weight is 267 g/mol. The van der Waals surface area contributed by atoms with Crippen LogP contribution >= 0.6 is 12.4 Å². The second kappa shape index (κ2) is 7.34. The summed E-state index contributed by atoms with van der Waals surface area (Å²) < 4.78 is 4.96. The van der Waals surface area contributed by atoms with Crippen LogP contribution in [-0.4, -0.2) is 47.3 Å². The number of aliphatic carboxylic acids is 1. The molecule has 6 nitrogen and oxygen atoms in total. The molecule has 0 aromatic rings. The van der Waals surface area contributed by atoms with Crippen LogP contribution in [0, 0.1) is 0 Å². The van der Waals surface area contributed by atoms with E-state index in [0.717, 1.165) is 12.8 Å². The lowest BCUT2D eigenvalue weighted by Crippen LogP contribution is -2.41. The Kier molecular flexibility index (Phi) is 6.91. The number of halogens is 1. The summed E-state index contributed by atoms with van der Waals surface area (Å²) >= 11 is 0. The highest BCUT2D eigenvalue weighted by atomic mass is 35.5. The summed E-state index contributed by atoms with van der Waals surface area (Å²) in [4.78, 5) is 23.6. The van der Waals surface area contributed by atoms with Gasteiger partial charge in [0.15, 0.2) is 0 Å². The molecular formula is C10H19ClN2O4. The fourth-order valence-electron chi connectivity index (χ4n) is 1.69. The van der Waals surface area contributed by atoms with Crippen molar-refractivity contribution in [3.63, 3.8) is 0 Å². The Bertz CT molecular complexity index is 275. The molecule has 1 amide bonds. The van der Waals surface area contributed by atoms with Crippen LogP contribution in [0.5, 0.6) is 0 Å². The Labute approximate surface area is 107 Å². The maximum atomic E-state index is 11.6. The fourth-order valence-corrected chi connectivity index (χ4v) is 1.69. The van der Waals surface area contributed by atoms with Gasteiger partial charge in [0.1, 0.15) is 6.04 Å². The lowest BCUT2D eigenvalue weighted by molar-refractivity contribution is -0.141. The second-order valence-electron chi connectivity index (χ2n) is 3.97. The van der Waals surface area contributed by atoms with Crippen molar-refractivity contribution in [3.05, 3.63) is 0 Å². The summed E-state index contributed by atoms with van der Waals surface area (Å²) in [5.41, 5.74) is 5.63. The molecule has 7 heteroatoms. The van der Waals surface area contributed by atoms with E-state index in [1.54, 1.807) is 0 Å². The molecule has 0 spiro atoms. The molecule has 1 aliphatic rings. The summed E-state index contributed by atoms with van der Waals surface area (Å²) in [5, 5.41) is 8.92. The molecule has 17 heavy (non-hydrogen) atoms. The minimum absolute atomic E-state index is 0. The maximum absolute atomic E-state index is 11.6. The van der Waals surface area contributed by atoms with E-state index in [2.05, 4.69) is 0 Å². The van der Waals surface area contributed by atoms with E-state index < -0.39 is 18.1 Å². The first kappa shape index (κ1) is 16.0. The van der Waals surface area contributed by atoms with Crippen LogP contribution < -0.4 is 5.73 Å². The number of hydrogen-bond acceptors (Lipinski definition) is 4. The Balaban J connectivity index is 0.00000256. The van der Waals surface area contributed by atoms with Gasteiger partial charge in [-0.3, -0.25) is 4.90 Å². The third-order valence-corrected chi connectivity index (χ3v) is 2.58. The molecule has 1 aliphatic heterocycles. The topological polar surface area (TPSA) is 92.9 Å². The Morgan fingerprint density at radius 3 is 2.71 bits per heavy atom. The van der Waals surface area contributed by atoms with Gasteiger partial charge < -0.3 is 15.6 Å². The van der Waals surface area contributed by atoms with Crippen LogP contribution in [0.4, 0.5) is 4.79 Å². The number of nitrogens with two attached hydrogens (primary N) is 1. The van der Waals surface area contributed by atoms with Crippen LogP contribution in [0.2, 0.25) is 0 Å². The molecule has 0 saturated carbocycles. The van der Waals surface area contributed by atoms with Gasteiger partial charge in [0.05, 0.1) is 6.61 Å². The number of carbonyl (C=O) groups is 2. The Morgan fingerprint density at radius 1 is 1.53 bits per heavy atom. The molecule has 2 atom stereocenters. The molecule has 0 aromatic carbocycles. The van der Waals surface area contributed by atoms with Gasteiger partial charge in [-0.2, -0.15) is 0 Å². The number of ether oxygens (including phenoxy) is 1. The molecule has 1 saturated heterocycles. The predicted octanol–water partition coefficient (Wildman–Crippen LogP) is 0.831. The molecule has 1 rings (SSSR count). The molecule has 1 heterocycles. The third-order valence-electron chi connectivity index (χ3n) is 2.58. The quantitative estimate of drug-likeness (QED) is 0.735. The van der Waals surface area contributed by atoms with Crippen molar-refractivity contribution in [1.82, 2.24) is 4.90 Å². The first-order valence-corrected chi connectivity index (χ1v) is 5.48. The van der Waals surface area contributed by atoms with E-state index in [1.165, 1.54) is 4.90 Å². The van der Waals surface area contributed by atoms with E-state index in [-0.39, 0.29) is 31.4 Å².